The van der Waals surface area contributed by atoms with E-state index in [-0.39, 0.29) is 17.2 Å². The predicted octanol–water partition coefficient (Wildman–Crippen LogP) is 4.91. The molecule has 2 aliphatic heterocycles. The molecule has 2 heterocycles. The minimum absolute atomic E-state index is 0.0183. The summed E-state index contributed by atoms with van der Waals surface area (Å²) in [5, 5.41) is 11.6. The van der Waals surface area contributed by atoms with Crippen molar-refractivity contribution >= 4 is 17.5 Å². The molecule has 6 nitrogen and oxygen atoms in total. The number of benzene rings is 2. The van der Waals surface area contributed by atoms with Crippen molar-refractivity contribution in [2.45, 2.75) is 44.9 Å². The second-order valence-electron chi connectivity index (χ2n) is 8.11. The average molecular weight is 380 g/mol. The number of likely N-dealkylation sites (N-methyl/N-ethyl adjacent to an activating group) is 1. The molecular formula is C22H24N2O4. The van der Waals surface area contributed by atoms with Gasteiger partial charge >= 0.3 is 0 Å². The molecule has 1 unspecified atom stereocenters. The highest BCUT2D eigenvalue weighted by Crippen LogP contribution is 2.55. The Labute approximate surface area is 164 Å². The minimum Gasteiger partial charge on any atom is -0.491 e. The number of anilines is 1. The number of nitro benzene ring substituents is 1. The first-order valence-electron chi connectivity index (χ1n) is 9.38. The van der Waals surface area contributed by atoms with Crippen LogP contribution in [0.15, 0.2) is 42.5 Å². The van der Waals surface area contributed by atoms with Crippen LogP contribution in [0.25, 0.3) is 6.08 Å². The Kier molecular flexibility index (Phi) is 3.93. The molecule has 146 valence electrons. The summed E-state index contributed by atoms with van der Waals surface area (Å²) >= 11 is 0. The van der Waals surface area contributed by atoms with Crippen LogP contribution in [0.5, 0.6) is 11.5 Å². The highest BCUT2D eigenvalue weighted by atomic mass is 16.6. The molecule has 0 aromatic heterocycles. The van der Waals surface area contributed by atoms with Crippen LogP contribution in [0.4, 0.5) is 11.4 Å². The summed E-state index contributed by atoms with van der Waals surface area (Å²) in [6.07, 6.45) is 3.64. The van der Waals surface area contributed by atoms with Crippen molar-refractivity contribution in [3.8, 4) is 11.5 Å². The van der Waals surface area contributed by atoms with Crippen molar-refractivity contribution < 1.29 is 14.4 Å². The molecule has 6 heteroatoms. The summed E-state index contributed by atoms with van der Waals surface area (Å²) in [6.45, 7) is 8.04. The van der Waals surface area contributed by atoms with E-state index in [9.17, 15) is 10.1 Å². The van der Waals surface area contributed by atoms with Gasteiger partial charge in [0.2, 0.25) is 5.72 Å². The van der Waals surface area contributed by atoms with Gasteiger partial charge in [-0.25, -0.2) is 0 Å². The Morgan fingerprint density at radius 3 is 2.57 bits per heavy atom. The number of hydrogen-bond donors (Lipinski definition) is 0. The zero-order valence-corrected chi connectivity index (χ0v) is 16.7. The van der Waals surface area contributed by atoms with Gasteiger partial charge in [-0.2, -0.15) is 0 Å². The summed E-state index contributed by atoms with van der Waals surface area (Å²) in [5.74, 6) is 0.891. The molecule has 0 saturated heterocycles. The maximum Gasteiger partial charge on any atom is 0.284 e. The number of para-hydroxylation sites is 1. The fourth-order valence-corrected chi connectivity index (χ4v) is 4.33. The second kappa shape index (κ2) is 5.99. The SMILES string of the molecule is CC(C)Oc1cc2c(c([N+](=O)[O-])c1)C=CC1(O2)N(C)c2ccccc2C1(C)C. The van der Waals surface area contributed by atoms with Crippen LogP contribution >= 0.6 is 0 Å². The molecule has 28 heavy (non-hydrogen) atoms. The first kappa shape index (κ1) is 18.3. The highest BCUT2D eigenvalue weighted by molar-refractivity contribution is 5.76. The average Bonchev–Trinajstić information content (AvgIpc) is 2.79. The van der Waals surface area contributed by atoms with E-state index in [1.165, 1.54) is 11.6 Å². The molecule has 0 amide bonds. The van der Waals surface area contributed by atoms with E-state index in [2.05, 4.69) is 30.9 Å². The van der Waals surface area contributed by atoms with Gasteiger partial charge in [0.05, 0.1) is 28.1 Å². The number of hydrogen-bond acceptors (Lipinski definition) is 5. The van der Waals surface area contributed by atoms with Gasteiger partial charge in [-0.15, -0.1) is 0 Å². The second-order valence-corrected chi connectivity index (χ2v) is 8.11. The third kappa shape index (κ3) is 2.40. The quantitative estimate of drug-likeness (QED) is 0.559. The Morgan fingerprint density at radius 2 is 1.93 bits per heavy atom. The van der Waals surface area contributed by atoms with Crippen molar-refractivity contribution in [2.24, 2.45) is 0 Å². The van der Waals surface area contributed by atoms with Crippen LogP contribution < -0.4 is 14.4 Å². The molecular weight excluding hydrogens is 356 g/mol. The van der Waals surface area contributed by atoms with Crippen LogP contribution in [0, 0.1) is 10.1 Å². The van der Waals surface area contributed by atoms with E-state index >= 15 is 0 Å². The van der Waals surface area contributed by atoms with Gasteiger partial charge in [0, 0.05) is 18.8 Å². The van der Waals surface area contributed by atoms with Crippen molar-refractivity contribution in [1.29, 1.82) is 0 Å². The first-order valence-corrected chi connectivity index (χ1v) is 9.38. The van der Waals surface area contributed by atoms with E-state index in [1.54, 1.807) is 12.1 Å². The molecule has 2 aromatic rings. The van der Waals surface area contributed by atoms with Gasteiger partial charge in [-0.1, -0.05) is 18.2 Å². The molecule has 1 atom stereocenters. The van der Waals surface area contributed by atoms with Crippen molar-refractivity contribution in [1.82, 2.24) is 0 Å². The third-order valence-electron chi connectivity index (χ3n) is 5.74. The van der Waals surface area contributed by atoms with Gasteiger partial charge < -0.3 is 14.4 Å². The summed E-state index contributed by atoms with van der Waals surface area (Å²) in [6, 6.07) is 11.4. The van der Waals surface area contributed by atoms with Crippen LogP contribution in [0.1, 0.15) is 38.8 Å². The van der Waals surface area contributed by atoms with Gasteiger partial charge in [0.25, 0.3) is 5.69 Å². The molecule has 0 bridgehead atoms. The zero-order chi connectivity index (χ0) is 20.3. The fraction of sp³-hybridized carbons (Fsp3) is 0.364. The Bertz CT molecular complexity index is 996. The number of fused-ring (bicyclic) bond motifs is 2. The number of ether oxygens (including phenoxy) is 2. The van der Waals surface area contributed by atoms with Crippen molar-refractivity contribution in [2.75, 3.05) is 11.9 Å². The van der Waals surface area contributed by atoms with Crippen LogP contribution in [-0.2, 0) is 5.41 Å². The fourth-order valence-electron chi connectivity index (χ4n) is 4.33. The number of nitrogens with zero attached hydrogens (tertiary/aromatic N) is 2. The van der Waals surface area contributed by atoms with Crippen LogP contribution in [0.2, 0.25) is 0 Å². The van der Waals surface area contributed by atoms with Gasteiger partial charge in [0.1, 0.15) is 11.5 Å². The Balaban J connectivity index is 1.87. The van der Waals surface area contributed by atoms with Crippen molar-refractivity contribution in [3.63, 3.8) is 0 Å². The first-order chi connectivity index (χ1) is 13.2. The molecule has 4 rings (SSSR count). The predicted molar refractivity (Wildman–Crippen MR) is 109 cm³/mol. The van der Waals surface area contributed by atoms with Crippen LogP contribution in [0.3, 0.4) is 0 Å². The minimum atomic E-state index is -0.784. The summed E-state index contributed by atoms with van der Waals surface area (Å²) in [5.41, 5.74) is 1.56. The third-order valence-corrected chi connectivity index (χ3v) is 5.74. The molecule has 0 fully saturated rings. The molecule has 0 N–H and O–H groups in total. The van der Waals surface area contributed by atoms with Gasteiger partial charge in [-0.05, 0) is 51.5 Å². The monoisotopic (exact) mass is 380 g/mol. The van der Waals surface area contributed by atoms with E-state index < -0.39 is 10.6 Å². The Morgan fingerprint density at radius 1 is 1.21 bits per heavy atom. The molecule has 2 aliphatic rings. The summed E-state index contributed by atoms with van der Waals surface area (Å²) < 4.78 is 12.3. The Hall–Kier alpha value is -3.02. The largest absolute Gasteiger partial charge is 0.491 e. The maximum atomic E-state index is 11.6. The molecule has 0 aliphatic carbocycles. The molecule has 2 aromatic carbocycles. The number of rotatable bonds is 3. The van der Waals surface area contributed by atoms with Crippen LogP contribution in [-0.4, -0.2) is 23.8 Å². The maximum absolute atomic E-state index is 11.6. The summed E-state index contributed by atoms with van der Waals surface area (Å²) in [7, 11) is 1.99. The van der Waals surface area contributed by atoms with E-state index in [4.69, 9.17) is 9.47 Å². The van der Waals surface area contributed by atoms with E-state index in [1.807, 2.05) is 39.1 Å². The van der Waals surface area contributed by atoms with E-state index in [0.29, 0.717) is 17.1 Å². The topological polar surface area (TPSA) is 64.8 Å². The molecule has 1 spiro atoms. The lowest BCUT2D eigenvalue weighted by Gasteiger charge is -2.45. The standard InChI is InChI=1S/C22H24N2O4/c1-14(2)27-15-12-19(24(25)26)16-10-11-22(28-20(16)13-15)21(3,4)17-8-6-7-9-18(17)23(22)5/h6-14H,1-5H3. The van der Waals surface area contributed by atoms with Crippen molar-refractivity contribution in [3.05, 3.63) is 63.7 Å². The van der Waals surface area contributed by atoms with Gasteiger partial charge in [0.15, 0.2) is 0 Å². The molecule has 0 saturated carbocycles. The summed E-state index contributed by atoms with van der Waals surface area (Å²) in [4.78, 5) is 13.4. The highest BCUT2D eigenvalue weighted by Gasteiger charge is 2.57. The van der Waals surface area contributed by atoms with Gasteiger partial charge in [-0.3, -0.25) is 10.1 Å². The molecule has 0 radical (unpaired) electrons. The zero-order valence-electron chi connectivity index (χ0n) is 16.7. The van der Waals surface area contributed by atoms with E-state index in [0.717, 1.165) is 5.69 Å². The number of nitro groups is 1. The lowest BCUT2D eigenvalue weighted by molar-refractivity contribution is -0.385. The lowest BCUT2D eigenvalue weighted by Crippen LogP contribution is -2.58. The smallest absolute Gasteiger partial charge is 0.284 e. The normalized spacial score (nSPS) is 21.4. The lowest BCUT2D eigenvalue weighted by atomic mass is 9.76.